The molecule has 0 N–H and O–H groups in total. The summed E-state index contributed by atoms with van der Waals surface area (Å²) in [4.78, 5) is 8.87. The average Bonchev–Trinajstić information content (AvgIpc) is 2.84. The molecule has 0 unspecified atom stereocenters. The number of hydrogen-bond donors (Lipinski definition) is 0. The Hall–Kier alpha value is -2.14. The summed E-state index contributed by atoms with van der Waals surface area (Å²) in [6.45, 7) is 0.419. The monoisotopic (exact) mass is 327 g/mol. The zero-order chi connectivity index (χ0) is 13.5. The number of fused-ring (bicyclic) bond motifs is 3. The minimum Gasteiger partial charge on any atom is -0.455 e. The van der Waals surface area contributed by atoms with Crippen LogP contribution >= 0.6 is 15.9 Å². The van der Waals surface area contributed by atoms with E-state index in [0.717, 1.165) is 27.2 Å². The van der Waals surface area contributed by atoms with Crippen LogP contribution < -0.4 is 4.74 Å². The van der Waals surface area contributed by atoms with Crippen LogP contribution in [0, 0.1) is 0 Å². The van der Waals surface area contributed by atoms with Crippen LogP contribution in [0.3, 0.4) is 0 Å². The highest BCUT2D eigenvalue weighted by Gasteiger charge is 2.25. The molecule has 0 radical (unpaired) electrons. The minimum absolute atomic E-state index is 0.419. The summed E-state index contributed by atoms with van der Waals surface area (Å²) in [6, 6.07) is 14.0. The van der Waals surface area contributed by atoms with Crippen LogP contribution in [0.5, 0.6) is 5.88 Å². The standard InChI is InChI=1S/C15H10BrN3O/c16-13-12(10-5-2-1-3-6-10)19-9-20-15-11(14(19)18-13)7-4-8-17-15/h1-8H,9H2. The number of benzene rings is 1. The summed E-state index contributed by atoms with van der Waals surface area (Å²) in [5.74, 6) is 1.52. The van der Waals surface area contributed by atoms with Gasteiger partial charge in [-0.05, 0) is 28.1 Å². The molecule has 3 heterocycles. The van der Waals surface area contributed by atoms with Crippen molar-refractivity contribution in [1.29, 1.82) is 0 Å². The van der Waals surface area contributed by atoms with E-state index < -0.39 is 0 Å². The first-order chi connectivity index (χ1) is 9.84. The topological polar surface area (TPSA) is 39.9 Å². The van der Waals surface area contributed by atoms with E-state index in [1.54, 1.807) is 6.20 Å². The summed E-state index contributed by atoms with van der Waals surface area (Å²) < 4.78 is 8.59. The van der Waals surface area contributed by atoms with Gasteiger partial charge in [0.1, 0.15) is 10.4 Å². The molecular weight excluding hydrogens is 318 g/mol. The van der Waals surface area contributed by atoms with Gasteiger partial charge in [0.2, 0.25) is 5.88 Å². The maximum Gasteiger partial charge on any atom is 0.226 e. The Bertz CT molecular complexity index is 783. The molecular formula is C15H10BrN3O. The summed E-state index contributed by atoms with van der Waals surface area (Å²) in [5, 5.41) is 0. The molecule has 0 saturated heterocycles. The van der Waals surface area contributed by atoms with Crippen molar-refractivity contribution in [1.82, 2.24) is 14.5 Å². The second-order valence-electron chi connectivity index (χ2n) is 4.50. The smallest absolute Gasteiger partial charge is 0.226 e. The number of imidazole rings is 1. The Kier molecular flexibility index (Phi) is 2.60. The lowest BCUT2D eigenvalue weighted by Gasteiger charge is -2.19. The number of hydrogen-bond acceptors (Lipinski definition) is 3. The quantitative estimate of drug-likeness (QED) is 0.683. The first-order valence-corrected chi connectivity index (χ1v) is 7.03. The number of aromatic nitrogens is 3. The van der Waals surface area contributed by atoms with Gasteiger partial charge in [0.15, 0.2) is 6.73 Å². The third kappa shape index (κ3) is 1.67. The molecule has 20 heavy (non-hydrogen) atoms. The predicted molar refractivity (Wildman–Crippen MR) is 79.2 cm³/mol. The highest BCUT2D eigenvalue weighted by Crippen LogP contribution is 2.38. The Morgan fingerprint density at radius 2 is 1.95 bits per heavy atom. The van der Waals surface area contributed by atoms with Crippen molar-refractivity contribution in [3.63, 3.8) is 0 Å². The van der Waals surface area contributed by atoms with Gasteiger partial charge in [-0.3, -0.25) is 4.57 Å². The van der Waals surface area contributed by atoms with Crippen LogP contribution in [0.1, 0.15) is 0 Å². The van der Waals surface area contributed by atoms with Crippen molar-refractivity contribution in [2.24, 2.45) is 0 Å². The number of nitrogens with zero attached hydrogens (tertiary/aromatic N) is 3. The van der Waals surface area contributed by atoms with E-state index in [1.807, 2.05) is 30.3 Å². The van der Waals surface area contributed by atoms with E-state index in [-0.39, 0.29) is 0 Å². The molecule has 0 saturated carbocycles. The summed E-state index contributed by atoms with van der Waals surface area (Å²) in [5.41, 5.74) is 3.05. The normalized spacial score (nSPS) is 12.4. The summed E-state index contributed by atoms with van der Waals surface area (Å²) in [7, 11) is 0. The molecule has 0 aliphatic carbocycles. The molecule has 2 aromatic heterocycles. The van der Waals surface area contributed by atoms with Crippen LogP contribution in [0.25, 0.3) is 22.6 Å². The van der Waals surface area contributed by atoms with Gasteiger partial charge in [0.25, 0.3) is 0 Å². The lowest BCUT2D eigenvalue weighted by molar-refractivity contribution is 0.222. The fourth-order valence-electron chi connectivity index (χ4n) is 2.43. The van der Waals surface area contributed by atoms with Crippen LogP contribution in [-0.4, -0.2) is 14.5 Å². The molecule has 98 valence electrons. The lowest BCUT2D eigenvalue weighted by Crippen LogP contribution is -2.14. The summed E-state index contributed by atoms with van der Waals surface area (Å²) in [6.07, 6.45) is 1.73. The number of pyridine rings is 1. The number of halogens is 1. The molecule has 0 bridgehead atoms. The van der Waals surface area contributed by atoms with Gasteiger partial charge in [-0.25, -0.2) is 9.97 Å². The Morgan fingerprint density at radius 3 is 2.80 bits per heavy atom. The molecule has 5 heteroatoms. The molecule has 4 rings (SSSR count). The maximum atomic E-state index is 5.72. The molecule has 1 aromatic carbocycles. The van der Waals surface area contributed by atoms with Gasteiger partial charge in [0, 0.05) is 11.8 Å². The highest BCUT2D eigenvalue weighted by molar-refractivity contribution is 9.10. The molecule has 4 nitrogen and oxygen atoms in total. The van der Waals surface area contributed by atoms with Gasteiger partial charge >= 0.3 is 0 Å². The second kappa shape index (κ2) is 4.45. The average molecular weight is 328 g/mol. The van der Waals surface area contributed by atoms with Crippen molar-refractivity contribution >= 4 is 15.9 Å². The summed E-state index contributed by atoms with van der Waals surface area (Å²) >= 11 is 3.56. The fourth-order valence-corrected chi connectivity index (χ4v) is 3.04. The molecule has 0 amide bonds. The van der Waals surface area contributed by atoms with Gasteiger partial charge in [-0.1, -0.05) is 30.3 Å². The van der Waals surface area contributed by atoms with E-state index >= 15 is 0 Å². The first-order valence-electron chi connectivity index (χ1n) is 6.24. The molecule has 1 aliphatic heterocycles. The third-order valence-electron chi connectivity index (χ3n) is 3.31. The Balaban J connectivity index is 1.97. The lowest BCUT2D eigenvalue weighted by atomic mass is 10.1. The zero-order valence-corrected chi connectivity index (χ0v) is 12.0. The molecule has 0 fully saturated rings. The Morgan fingerprint density at radius 1 is 1.10 bits per heavy atom. The molecule has 0 spiro atoms. The van der Waals surface area contributed by atoms with Crippen molar-refractivity contribution in [2.75, 3.05) is 0 Å². The van der Waals surface area contributed by atoms with Crippen LogP contribution in [0.4, 0.5) is 0 Å². The van der Waals surface area contributed by atoms with Crippen molar-refractivity contribution in [3.05, 3.63) is 53.3 Å². The minimum atomic E-state index is 0.419. The SMILES string of the molecule is Brc1nc2n(c1-c1ccccc1)COc1ncccc1-2. The molecule has 1 aliphatic rings. The van der Waals surface area contributed by atoms with Crippen LogP contribution in [0.2, 0.25) is 0 Å². The predicted octanol–water partition coefficient (Wildman–Crippen LogP) is 3.72. The van der Waals surface area contributed by atoms with Crippen LogP contribution in [0.15, 0.2) is 53.3 Å². The van der Waals surface area contributed by atoms with Crippen molar-refractivity contribution in [2.45, 2.75) is 6.73 Å². The largest absolute Gasteiger partial charge is 0.455 e. The van der Waals surface area contributed by atoms with E-state index in [9.17, 15) is 0 Å². The van der Waals surface area contributed by atoms with E-state index in [4.69, 9.17) is 4.74 Å². The van der Waals surface area contributed by atoms with E-state index in [1.165, 1.54) is 0 Å². The highest BCUT2D eigenvalue weighted by atomic mass is 79.9. The second-order valence-corrected chi connectivity index (χ2v) is 5.25. The molecule has 3 aromatic rings. The van der Waals surface area contributed by atoms with Crippen LogP contribution in [-0.2, 0) is 6.73 Å². The van der Waals surface area contributed by atoms with Gasteiger partial charge in [0.05, 0.1) is 11.3 Å². The fraction of sp³-hybridized carbons (Fsp3) is 0.0667. The van der Waals surface area contributed by atoms with Crippen molar-refractivity contribution < 1.29 is 4.74 Å². The maximum absolute atomic E-state index is 5.72. The number of ether oxygens (including phenoxy) is 1. The van der Waals surface area contributed by atoms with Gasteiger partial charge in [-0.2, -0.15) is 0 Å². The number of rotatable bonds is 1. The first kappa shape index (κ1) is 11.7. The van der Waals surface area contributed by atoms with E-state index in [2.05, 4.69) is 42.6 Å². The third-order valence-corrected chi connectivity index (χ3v) is 3.87. The van der Waals surface area contributed by atoms with E-state index in [0.29, 0.717) is 12.6 Å². The van der Waals surface area contributed by atoms with Crippen molar-refractivity contribution in [3.8, 4) is 28.5 Å². The van der Waals surface area contributed by atoms with Gasteiger partial charge in [-0.15, -0.1) is 0 Å². The Labute approximate surface area is 124 Å². The molecule has 0 atom stereocenters. The van der Waals surface area contributed by atoms with Gasteiger partial charge < -0.3 is 4.74 Å². The zero-order valence-electron chi connectivity index (χ0n) is 10.5.